The number of sulfonamides is 1. The van der Waals surface area contributed by atoms with Crippen molar-refractivity contribution in [3.05, 3.63) is 91.9 Å². The smallest absolute Gasteiger partial charge is 0.253 e. The highest BCUT2D eigenvalue weighted by atomic mass is 79.9. The number of rotatable bonds is 9. The molecule has 0 fully saturated rings. The van der Waals surface area contributed by atoms with Crippen LogP contribution in [0.3, 0.4) is 0 Å². The molecule has 0 heterocycles. The van der Waals surface area contributed by atoms with Crippen LogP contribution in [0.4, 0.5) is 0 Å². The SMILES string of the molecule is COc1ccc(Cl)cc1C(NC(=O)c1cc(S(=O)(=O)NCC(C)C)ccc1Br)c1ccc(Cl)cc1. The summed E-state index contributed by atoms with van der Waals surface area (Å²) < 4.78 is 34.0. The Balaban J connectivity index is 2.02. The summed E-state index contributed by atoms with van der Waals surface area (Å²) in [7, 11) is -2.25. The molecule has 0 spiro atoms. The average molecular weight is 600 g/mol. The third-order valence-electron chi connectivity index (χ3n) is 5.16. The molecular weight excluding hydrogens is 575 g/mol. The maximum Gasteiger partial charge on any atom is 0.253 e. The van der Waals surface area contributed by atoms with E-state index < -0.39 is 22.0 Å². The van der Waals surface area contributed by atoms with Crippen LogP contribution in [0.5, 0.6) is 5.75 Å². The van der Waals surface area contributed by atoms with Crippen LogP contribution in [0.2, 0.25) is 10.0 Å². The molecule has 3 aromatic carbocycles. The molecule has 0 aliphatic carbocycles. The number of benzene rings is 3. The van der Waals surface area contributed by atoms with Crippen molar-refractivity contribution in [3.63, 3.8) is 0 Å². The third-order valence-corrected chi connectivity index (χ3v) is 7.76. The second-order valence-electron chi connectivity index (χ2n) is 8.23. The van der Waals surface area contributed by atoms with E-state index in [1.165, 1.54) is 25.3 Å². The van der Waals surface area contributed by atoms with E-state index in [0.29, 0.717) is 25.8 Å². The van der Waals surface area contributed by atoms with E-state index in [9.17, 15) is 13.2 Å². The molecule has 3 rings (SSSR count). The van der Waals surface area contributed by atoms with Gasteiger partial charge in [-0.05, 0) is 75.9 Å². The molecule has 0 bridgehead atoms. The Hall–Kier alpha value is -2.10. The lowest BCUT2D eigenvalue weighted by molar-refractivity contribution is 0.0941. The number of methoxy groups -OCH3 is 1. The minimum absolute atomic E-state index is 0.00474. The number of hydrogen-bond donors (Lipinski definition) is 2. The van der Waals surface area contributed by atoms with E-state index >= 15 is 0 Å². The maximum absolute atomic E-state index is 13.5. The molecule has 0 aliphatic heterocycles. The molecule has 1 atom stereocenters. The fourth-order valence-corrected chi connectivity index (χ4v) is 5.31. The van der Waals surface area contributed by atoms with Crippen molar-refractivity contribution in [2.24, 2.45) is 5.92 Å². The van der Waals surface area contributed by atoms with Gasteiger partial charge in [0.2, 0.25) is 10.0 Å². The van der Waals surface area contributed by atoms with Crippen LogP contribution >= 0.6 is 39.1 Å². The van der Waals surface area contributed by atoms with Crippen LogP contribution in [0.15, 0.2) is 70.0 Å². The molecule has 2 N–H and O–H groups in total. The van der Waals surface area contributed by atoms with Gasteiger partial charge >= 0.3 is 0 Å². The van der Waals surface area contributed by atoms with E-state index in [1.807, 2.05) is 13.8 Å². The van der Waals surface area contributed by atoms with Gasteiger partial charge in [-0.1, -0.05) is 49.2 Å². The lowest BCUT2D eigenvalue weighted by Crippen LogP contribution is -2.31. The predicted molar refractivity (Wildman–Crippen MR) is 143 cm³/mol. The van der Waals surface area contributed by atoms with Gasteiger partial charge in [0.15, 0.2) is 0 Å². The van der Waals surface area contributed by atoms with Crippen LogP contribution < -0.4 is 14.8 Å². The van der Waals surface area contributed by atoms with Gasteiger partial charge in [-0.25, -0.2) is 13.1 Å². The molecule has 0 saturated heterocycles. The van der Waals surface area contributed by atoms with Crippen molar-refractivity contribution < 1.29 is 17.9 Å². The summed E-state index contributed by atoms with van der Waals surface area (Å²) in [6, 6.07) is 15.8. The van der Waals surface area contributed by atoms with Crippen molar-refractivity contribution in [1.29, 1.82) is 0 Å². The molecule has 35 heavy (non-hydrogen) atoms. The van der Waals surface area contributed by atoms with Crippen LogP contribution in [-0.2, 0) is 10.0 Å². The zero-order chi connectivity index (χ0) is 25.8. The molecule has 0 radical (unpaired) electrons. The monoisotopic (exact) mass is 598 g/mol. The van der Waals surface area contributed by atoms with E-state index in [2.05, 4.69) is 26.0 Å². The van der Waals surface area contributed by atoms with Gasteiger partial charge in [0, 0.05) is 26.6 Å². The first-order valence-electron chi connectivity index (χ1n) is 10.7. The van der Waals surface area contributed by atoms with Crippen molar-refractivity contribution in [3.8, 4) is 5.75 Å². The Morgan fingerprint density at radius 2 is 1.66 bits per heavy atom. The first-order valence-corrected chi connectivity index (χ1v) is 13.7. The number of carbonyl (C=O) groups is 1. The second kappa shape index (κ2) is 11.8. The van der Waals surface area contributed by atoms with Crippen molar-refractivity contribution in [2.75, 3.05) is 13.7 Å². The van der Waals surface area contributed by atoms with Gasteiger partial charge < -0.3 is 10.1 Å². The topological polar surface area (TPSA) is 84.5 Å². The summed E-state index contributed by atoms with van der Waals surface area (Å²) in [6.07, 6.45) is 0. The van der Waals surface area contributed by atoms with Crippen LogP contribution in [0.25, 0.3) is 0 Å². The average Bonchev–Trinajstić information content (AvgIpc) is 2.82. The zero-order valence-electron chi connectivity index (χ0n) is 19.3. The summed E-state index contributed by atoms with van der Waals surface area (Å²) >= 11 is 15.7. The Morgan fingerprint density at radius 3 is 2.29 bits per heavy atom. The summed E-state index contributed by atoms with van der Waals surface area (Å²) in [5, 5.41) is 4.01. The Bertz CT molecular complexity index is 1320. The third kappa shape index (κ3) is 6.98. The van der Waals surface area contributed by atoms with E-state index in [0.717, 1.165) is 5.56 Å². The summed E-state index contributed by atoms with van der Waals surface area (Å²) in [4.78, 5) is 13.5. The quantitative estimate of drug-likeness (QED) is 0.306. The van der Waals surface area contributed by atoms with Gasteiger partial charge in [0.1, 0.15) is 5.75 Å². The van der Waals surface area contributed by atoms with Crippen molar-refractivity contribution in [1.82, 2.24) is 10.0 Å². The highest BCUT2D eigenvalue weighted by Gasteiger charge is 2.24. The van der Waals surface area contributed by atoms with Gasteiger partial charge in [-0.2, -0.15) is 0 Å². The van der Waals surface area contributed by atoms with Crippen LogP contribution in [-0.4, -0.2) is 28.0 Å². The summed E-state index contributed by atoms with van der Waals surface area (Å²) in [5.74, 6) is 0.179. The van der Waals surface area contributed by atoms with E-state index in [-0.39, 0.29) is 22.9 Å². The molecule has 3 aromatic rings. The van der Waals surface area contributed by atoms with Crippen LogP contribution in [0.1, 0.15) is 41.4 Å². The number of halogens is 3. The molecule has 10 heteroatoms. The largest absolute Gasteiger partial charge is 0.496 e. The molecule has 0 aliphatic rings. The van der Waals surface area contributed by atoms with Crippen LogP contribution in [0, 0.1) is 5.92 Å². The highest BCUT2D eigenvalue weighted by molar-refractivity contribution is 9.10. The first-order chi connectivity index (χ1) is 16.5. The van der Waals surface area contributed by atoms with Gasteiger partial charge in [-0.3, -0.25) is 4.79 Å². The zero-order valence-corrected chi connectivity index (χ0v) is 23.2. The van der Waals surface area contributed by atoms with Crippen molar-refractivity contribution in [2.45, 2.75) is 24.8 Å². The van der Waals surface area contributed by atoms with Gasteiger partial charge in [0.25, 0.3) is 5.91 Å². The van der Waals surface area contributed by atoms with Gasteiger partial charge in [-0.15, -0.1) is 0 Å². The minimum atomic E-state index is -3.78. The number of ether oxygens (including phenoxy) is 1. The molecule has 1 amide bonds. The second-order valence-corrected chi connectivity index (χ2v) is 11.7. The Kier molecular flexibility index (Phi) is 9.23. The Morgan fingerprint density at radius 1 is 1.00 bits per heavy atom. The highest BCUT2D eigenvalue weighted by Crippen LogP contribution is 2.34. The van der Waals surface area contributed by atoms with Gasteiger partial charge in [0.05, 0.1) is 23.6 Å². The number of nitrogens with one attached hydrogen (secondary N) is 2. The predicted octanol–water partition coefficient (Wildman–Crippen LogP) is 6.22. The fraction of sp³-hybridized carbons (Fsp3) is 0.240. The number of hydrogen-bond acceptors (Lipinski definition) is 4. The summed E-state index contributed by atoms with van der Waals surface area (Å²) in [5.41, 5.74) is 1.54. The molecular formula is C25H25BrCl2N2O4S. The standard InChI is InChI=1S/C25H25BrCl2N2O4S/c1-15(2)14-29-35(32,33)19-9-10-22(26)20(13-19)25(31)30-24(16-4-6-17(27)7-5-16)21-12-18(28)8-11-23(21)34-3/h4-13,15,24,29H,14H2,1-3H3,(H,30,31). The minimum Gasteiger partial charge on any atom is -0.496 e. The fourth-order valence-electron chi connectivity index (χ4n) is 3.34. The Labute approximate surface area is 224 Å². The molecule has 186 valence electrons. The normalized spacial score (nSPS) is 12.4. The number of amides is 1. The lowest BCUT2D eigenvalue weighted by atomic mass is 9.97. The van der Waals surface area contributed by atoms with E-state index in [1.54, 1.807) is 42.5 Å². The molecule has 1 unspecified atom stereocenters. The maximum atomic E-state index is 13.5. The molecule has 6 nitrogen and oxygen atoms in total. The molecule has 0 aromatic heterocycles. The lowest BCUT2D eigenvalue weighted by Gasteiger charge is -2.23. The van der Waals surface area contributed by atoms with Crippen molar-refractivity contribution >= 4 is 55.1 Å². The number of carbonyl (C=O) groups excluding carboxylic acids is 1. The summed E-state index contributed by atoms with van der Waals surface area (Å²) in [6.45, 7) is 4.10. The molecule has 0 saturated carbocycles. The first kappa shape index (κ1) is 27.5. The van der Waals surface area contributed by atoms with E-state index in [4.69, 9.17) is 27.9 Å².